The number of rotatable bonds is 5. The molecule has 0 bridgehead atoms. The lowest BCUT2D eigenvalue weighted by Gasteiger charge is -2.13. The molecule has 0 aliphatic heterocycles. The summed E-state index contributed by atoms with van der Waals surface area (Å²) in [6.07, 6.45) is 3.53. The molecule has 0 spiro atoms. The number of oxazole rings is 1. The van der Waals surface area contributed by atoms with Crippen LogP contribution in [0.15, 0.2) is 41.3 Å². The number of nitrogens with zero attached hydrogens (tertiary/aromatic N) is 1. The summed E-state index contributed by atoms with van der Waals surface area (Å²) < 4.78 is 5.17. The Morgan fingerprint density at radius 3 is 2.67 bits per heavy atom. The van der Waals surface area contributed by atoms with Gasteiger partial charge in [0.2, 0.25) is 0 Å². The van der Waals surface area contributed by atoms with Gasteiger partial charge in [0.15, 0.2) is 12.2 Å². The highest BCUT2D eigenvalue weighted by molar-refractivity contribution is 5.77. The second-order valence-corrected chi connectivity index (χ2v) is 3.89. The molecule has 2 aromatic rings. The average molecular weight is 246 g/mol. The molecule has 2 rings (SSSR count). The highest BCUT2D eigenvalue weighted by atomic mass is 16.4. The van der Waals surface area contributed by atoms with E-state index in [2.05, 4.69) is 10.3 Å². The van der Waals surface area contributed by atoms with Gasteiger partial charge in [-0.1, -0.05) is 6.92 Å². The minimum atomic E-state index is -0.850. The van der Waals surface area contributed by atoms with Crippen molar-refractivity contribution in [2.45, 2.75) is 19.4 Å². The highest BCUT2D eigenvalue weighted by Gasteiger charge is 2.14. The van der Waals surface area contributed by atoms with Crippen LogP contribution in [0.2, 0.25) is 0 Å². The molecule has 0 radical (unpaired) electrons. The van der Waals surface area contributed by atoms with Crippen LogP contribution in [0.3, 0.4) is 0 Å². The van der Waals surface area contributed by atoms with Gasteiger partial charge in [-0.25, -0.2) is 9.78 Å². The lowest BCUT2D eigenvalue weighted by atomic mass is 10.1. The van der Waals surface area contributed by atoms with E-state index in [9.17, 15) is 4.79 Å². The molecule has 1 unspecified atom stereocenters. The Balaban J connectivity index is 2.10. The van der Waals surface area contributed by atoms with Crippen LogP contribution >= 0.6 is 0 Å². The normalized spacial score (nSPS) is 12.1. The van der Waals surface area contributed by atoms with E-state index >= 15 is 0 Å². The summed E-state index contributed by atoms with van der Waals surface area (Å²) in [5, 5.41) is 11.9. The Kier molecular flexibility index (Phi) is 3.62. The van der Waals surface area contributed by atoms with Crippen molar-refractivity contribution < 1.29 is 14.3 Å². The highest BCUT2D eigenvalue weighted by Crippen LogP contribution is 2.21. The van der Waals surface area contributed by atoms with Gasteiger partial charge in [0, 0.05) is 11.3 Å². The van der Waals surface area contributed by atoms with Crippen molar-refractivity contribution >= 4 is 11.7 Å². The van der Waals surface area contributed by atoms with Crippen molar-refractivity contribution in [2.75, 3.05) is 5.32 Å². The third kappa shape index (κ3) is 2.68. The number of carboxylic acids is 1. The van der Waals surface area contributed by atoms with E-state index in [4.69, 9.17) is 9.52 Å². The average Bonchev–Trinajstić information content (AvgIpc) is 2.90. The summed E-state index contributed by atoms with van der Waals surface area (Å²) in [5.74, 6) is -0.163. The molecule has 1 atom stereocenters. The zero-order valence-corrected chi connectivity index (χ0v) is 9.96. The molecule has 0 aliphatic rings. The maximum absolute atomic E-state index is 10.9. The third-order valence-electron chi connectivity index (χ3n) is 2.65. The van der Waals surface area contributed by atoms with Gasteiger partial charge in [-0.15, -0.1) is 0 Å². The van der Waals surface area contributed by atoms with Gasteiger partial charge in [0.05, 0.1) is 6.20 Å². The molecule has 0 saturated carbocycles. The first-order valence-electron chi connectivity index (χ1n) is 5.69. The van der Waals surface area contributed by atoms with Crippen molar-refractivity contribution in [3.63, 3.8) is 0 Å². The number of benzene rings is 1. The zero-order chi connectivity index (χ0) is 13.0. The van der Waals surface area contributed by atoms with E-state index in [1.807, 2.05) is 31.2 Å². The van der Waals surface area contributed by atoms with Gasteiger partial charge in [-0.2, -0.15) is 0 Å². The summed E-state index contributed by atoms with van der Waals surface area (Å²) >= 11 is 0. The van der Waals surface area contributed by atoms with Crippen molar-refractivity contribution in [3.8, 4) is 11.3 Å². The maximum atomic E-state index is 10.9. The molecule has 1 aromatic heterocycles. The Morgan fingerprint density at radius 2 is 2.17 bits per heavy atom. The Hall–Kier alpha value is -2.30. The first-order valence-corrected chi connectivity index (χ1v) is 5.69. The first-order chi connectivity index (χ1) is 8.70. The van der Waals surface area contributed by atoms with E-state index in [0.717, 1.165) is 11.3 Å². The minimum absolute atomic E-state index is 0.527. The number of aromatic nitrogens is 1. The Morgan fingerprint density at radius 1 is 1.44 bits per heavy atom. The molecular formula is C13H14N2O3. The Bertz CT molecular complexity index is 506. The van der Waals surface area contributed by atoms with Crippen LogP contribution in [0.4, 0.5) is 5.69 Å². The molecule has 5 heteroatoms. The second kappa shape index (κ2) is 5.35. The molecule has 1 heterocycles. The second-order valence-electron chi connectivity index (χ2n) is 3.89. The molecule has 0 aliphatic carbocycles. The van der Waals surface area contributed by atoms with Crippen LogP contribution in [0.25, 0.3) is 11.3 Å². The summed E-state index contributed by atoms with van der Waals surface area (Å²) in [7, 11) is 0. The molecule has 94 valence electrons. The number of anilines is 1. The number of hydrogen-bond donors (Lipinski definition) is 2. The quantitative estimate of drug-likeness (QED) is 0.848. The van der Waals surface area contributed by atoms with E-state index in [1.165, 1.54) is 6.39 Å². The molecule has 0 fully saturated rings. The van der Waals surface area contributed by atoms with Crippen molar-refractivity contribution in [3.05, 3.63) is 36.9 Å². The largest absolute Gasteiger partial charge is 0.480 e. The van der Waals surface area contributed by atoms with Gasteiger partial charge < -0.3 is 14.8 Å². The van der Waals surface area contributed by atoms with Gasteiger partial charge in [0.1, 0.15) is 6.04 Å². The predicted molar refractivity (Wildman–Crippen MR) is 67.3 cm³/mol. The van der Waals surface area contributed by atoms with Crippen molar-refractivity contribution in [2.24, 2.45) is 0 Å². The summed E-state index contributed by atoms with van der Waals surface area (Å²) in [4.78, 5) is 14.7. The third-order valence-corrected chi connectivity index (χ3v) is 2.65. The zero-order valence-electron chi connectivity index (χ0n) is 9.96. The predicted octanol–water partition coefficient (Wildman–Crippen LogP) is 2.62. The summed E-state index contributed by atoms with van der Waals surface area (Å²) in [5.41, 5.74) is 1.67. The Labute approximate surface area is 104 Å². The van der Waals surface area contributed by atoms with Crippen LogP contribution in [-0.2, 0) is 4.79 Å². The molecule has 0 saturated heterocycles. The summed E-state index contributed by atoms with van der Waals surface area (Å²) in [6, 6.07) is 6.79. The van der Waals surface area contributed by atoms with E-state index in [0.29, 0.717) is 12.2 Å². The summed E-state index contributed by atoms with van der Waals surface area (Å²) in [6.45, 7) is 1.83. The van der Waals surface area contributed by atoms with Gasteiger partial charge in [0.25, 0.3) is 0 Å². The molecule has 5 nitrogen and oxygen atoms in total. The van der Waals surface area contributed by atoms with Gasteiger partial charge in [-0.3, -0.25) is 0 Å². The maximum Gasteiger partial charge on any atom is 0.326 e. The molecular weight excluding hydrogens is 232 g/mol. The fourth-order valence-electron chi connectivity index (χ4n) is 1.63. The topological polar surface area (TPSA) is 75.4 Å². The molecule has 1 aromatic carbocycles. The lowest BCUT2D eigenvalue weighted by Crippen LogP contribution is -2.28. The SMILES string of the molecule is CCC(Nc1ccc(-c2cnco2)cc1)C(=O)O. The van der Waals surface area contributed by atoms with E-state index in [-0.39, 0.29) is 0 Å². The van der Waals surface area contributed by atoms with Gasteiger partial charge in [-0.05, 0) is 30.7 Å². The minimum Gasteiger partial charge on any atom is -0.480 e. The van der Waals surface area contributed by atoms with Crippen LogP contribution in [0.1, 0.15) is 13.3 Å². The van der Waals surface area contributed by atoms with Crippen molar-refractivity contribution in [1.82, 2.24) is 4.98 Å². The number of aliphatic carboxylic acids is 1. The molecule has 0 amide bonds. The van der Waals surface area contributed by atoms with E-state index < -0.39 is 12.0 Å². The van der Waals surface area contributed by atoms with Crippen LogP contribution < -0.4 is 5.32 Å². The van der Waals surface area contributed by atoms with Crippen molar-refractivity contribution in [1.29, 1.82) is 0 Å². The van der Waals surface area contributed by atoms with Crippen LogP contribution in [0.5, 0.6) is 0 Å². The fraction of sp³-hybridized carbons (Fsp3) is 0.231. The number of carbonyl (C=O) groups is 1. The lowest BCUT2D eigenvalue weighted by molar-refractivity contribution is -0.137. The monoisotopic (exact) mass is 246 g/mol. The molecule has 2 N–H and O–H groups in total. The van der Waals surface area contributed by atoms with Crippen LogP contribution in [0, 0.1) is 0 Å². The molecule has 18 heavy (non-hydrogen) atoms. The van der Waals surface area contributed by atoms with Crippen LogP contribution in [-0.4, -0.2) is 22.1 Å². The van der Waals surface area contributed by atoms with E-state index in [1.54, 1.807) is 6.20 Å². The standard InChI is InChI=1S/C13H14N2O3/c1-2-11(13(16)17)15-10-5-3-9(4-6-10)12-7-14-8-18-12/h3-8,11,15H,2H2,1H3,(H,16,17). The van der Waals surface area contributed by atoms with Gasteiger partial charge >= 0.3 is 5.97 Å². The number of hydrogen-bond acceptors (Lipinski definition) is 4. The fourth-order valence-corrected chi connectivity index (χ4v) is 1.63. The smallest absolute Gasteiger partial charge is 0.326 e. The number of carboxylic acid groups (broad SMARTS) is 1. The first kappa shape index (κ1) is 12.2. The number of nitrogens with one attached hydrogen (secondary N) is 1.